The van der Waals surface area contributed by atoms with Crippen molar-refractivity contribution in [3.05, 3.63) is 108 Å². The summed E-state index contributed by atoms with van der Waals surface area (Å²) < 4.78 is 13.5. The van der Waals surface area contributed by atoms with Crippen molar-refractivity contribution in [2.45, 2.75) is 33.7 Å². The molecule has 206 valence electrons. The first-order valence-electron chi connectivity index (χ1n) is 13.2. The zero-order chi connectivity index (χ0) is 28.4. The van der Waals surface area contributed by atoms with Gasteiger partial charge in [-0.25, -0.2) is 9.79 Å². The summed E-state index contributed by atoms with van der Waals surface area (Å²) in [5.41, 5.74) is 3.37. The van der Waals surface area contributed by atoms with Crippen LogP contribution in [0.4, 0.5) is 5.69 Å². The highest BCUT2D eigenvalue weighted by atomic mass is 35.5. The molecule has 0 amide bonds. The number of ether oxygens (including phenoxy) is 1. The van der Waals surface area contributed by atoms with Crippen LogP contribution in [0, 0.1) is 0 Å². The summed E-state index contributed by atoms with van der Waals surface area (Å²) in [6.07, 6.45) is 1.71. The molecule has 2 aromatic carbocycles. The van der Waals surface area contributed by atoms with Gasteiger partial charge in [-0.1, -0.05) is 47.2 Å². The maximum atomic E-state index is 13.9. The van der Waals surface area contributed by atoms with Gasteiger partial charge in [0.2, 0.25) is 0 Å². The molecule has 0 saturated heterocycles. The van der Waals surface area contributed by atoms with Crippen molar-refractivity contribution in [3.63, 3.8) is 0 Å². The quantitative estimate of drug-likeness (QED) is 0.257. The number of halogens is 1. The van der Waals surface area contributed by atoms with Gasteiger partial charge in [0.25, 0.3) is 5.56 Å². The second-order valence-electron chi connectivity index (χ2n) is 9.28. The Morgan fingerprint density at radius 3 is 2.55 bits per heavy atom. The van der Waals surface area contributed by atoms with E-state index in [4.69, 9.17) is 20.8 Å². The van der Waals surface area contributed by atoms with Crippen LogP contribution in [0.2, 0.25) is 5.02 Å². The van der Waals surface area contributed by atoms with Gasteiger partial charge in [0, 0.05) is 35.4 Å². The van der Waals surface area contributed by atoms with Crippen LogP contribution in [0.3, 0.4) is 0 Å². The van der Waals surface area contributed by atoms with Crippen LogP contribution in [-0.2, 0) is 9.53 Å². The van der Waals surface area contributed by atoms with Gasteiger partial charge in [-0.3, -0.25) is 9.36 Å². The molecule has 40 heavy (non-hydrogen) atoms. The first kappa shape index (κ1) is 27.7. The van der Waals surface area contributed by atoms with Gasteiger partial charge in [-0.2, -0.15) is 0 Å². The normalized spacial score (nSPS) is 15.1. The second kappa shape index (κ2) is 11.7. The van der Waals surface area contributed by atoms with Gasteiger partial charge in [0.05, 0.1) is 28.5 Å². The predicted molar refractivity (Wildman–Crippen MR) is 160 cm³/mol. The molecule has 3 heterocycles. The molecule has 0 saturated carbocycles. The van der Waals surface area contributed by atoms with Crippen LogP contribution in [0.1, 0.15) is 45.1 Å². The molecule has 0 aliphatic carbocycles. The Labute approximate surface area is 241 Å². The fourth-order valence-electron chi connectivity index (χ4n) is 4.92. The third-order valence-electron chi connectivity index (χ3n) is 6.86. The van der Waals surface area contributed by atoms with Crippen LogP contribution in [0.25, 0.3) is 17.4 Å². The van der Waals surface area contributed by atoms with E-state index >= 15 is 0 Å². The van der Waals surface area contributed by atoms with Gasteiger partial charge in [-0.15, -0.1) is 0 Å². The lowest BCUT2D eigenvalue weighted by Gasteiger charge is -2.26. The van der Waals surface area contributed by atoms with E-state index in [2.05, 4.69) is 23.7 Å². The second-order valence-corrected chi connectivity index (χ2v) is 10.7. The van der Waals surface area contributed by atoms with Crippen molar-refractivity contribution in [3.8, 4) is 11.3 Å². The van der Waals surface area contributed by atoms with Crippen molar-refractivity contribution in [2.24, 2.45) is 4.99 Å². The van der Waals surface area contributed by atoms with Crippen molar-refractivity contribution in [1.82, 2.24) is 4.57 Å². The van der Waals surface area contributed by atoms with Gasteiger partial charge in [-0.05, 0) is 69.7 Å². The van der Waals surface area contributed by atoms with Crippen LogP contribution in [0.5, 0.6) is 0 Å². The number of anilines is 1. The Bertz CT molecular complexity index is 1760. The van der Waals surface area contributed by atoms with Gasteiger partial charge >= 0.3 is 5.97 Å². The Hall–Kier alpha value is -3.88. The molecule has 1 aliphatic rings. The number of thiazole rings is 1. The monoisotopic (exact) mass is 575 g/mol. The standard InChI is InChI=1S/C31H30ClN3O4S/c1-5-34(6-2)23-13-11-20(12-14-23)28-27(30(37)38-7-3)19(4)33-31-35(28)29(36)26(40-31)18-24-15-16-25(39-24)21-9-8-10-22(32)17-21/h8-18,28H,5-7H2,1-4H3/b26-18+/t28-/m0/s1. The molecule has 0 unspecified atom stereocenters. The Morgan fingerprint density at radius 1 is 1.12 bits per heavy atom. The molecule has 0 bridgehead atoms. The summed E-state index contributed by atoms with van der Waals surface area (Å²) in [5, 5.41) is 0.613. The number of hydrogen-bond donors (Lipinski definition) is 0. The number of rotatable bonds is 8. The first-order valence-corrected chi connectivity index (χ1v) is 14.4. The zero-order valence-electron chi connectivity index (χ0n) is 22.8. The van der Waals surface area contributed by atoms with E-state index in [-0.39, 0.29) is 12.2 Å². The maximum Gasteiger partial charge on any atom is 0.338 e. The number of esters is 1. The summed E-state index contributed by atoms with van der Waals surface area (Å²) in [6.45, 7) is 9.74. The lowest BCUT2D eigenvalue weighted by atomic mass is 9.95. The van der Waals surface area contributed by atoms with E-state index in [1.807, 2.05) is 54.6 Å². The van der Waals surface area contributed by atoms with E-state index in [0.29, 0.717) is 37.1 Å². The fraction of sp³-hybridized carbons (Fsp3) is 0.258. The third-order valence-corrected chi connectivity index (χ3v) is 8.08. The van der Waals surface area contributed by atoms with E-state index in [1.165, 1.54) is 11.3 Å². The van der Waals surface area contributed by atoms with Crippen LogP contribution in [-0.4, -0.2) is 30.2 Å². The number of allylic oxidation sites excluding steroid dienone is 1. The first-order chi connectivity index (χ1) is 19.3. The minimum absolute atomic E-state index is 0.223. The highest BCUT2D eigenvalue weighted by Crippen LogP contribution is 2.32. The predicted octanol–water partition coefficient (Wildman–Crippen LogP) is 5.56. The van der Waals surface area contributed by atoms with Crippen molar-refractivity contribution in [2.75, 3.05) is 24.6 Å². The van der Waals surface area contributed by atoms with Gasteiger partial charge in [0.1, 0.15) is 11.5 Å². The van der Waals surface area contributed by atoms with E-state index in [9.17, 15) is 9.59 Å². The molecule has 4 aromatic rings. The number of hydrogen-bond acceptors (Lipinski definition) is 7. The average molecular weight is 576 g/mol. The molecule has 0 radical (unpaired) electrons. The van der Waals surface area contributed by atoms with Crippen LogP contribution in [0.15, 0.2) is 86.1 Å². The summed E-state index contributed by atoms with van der Waals surface area (Å²) >= 11 is 7.40. The highest BCUT2D eigenvalue weighted by molar-refractivity contribution is 7.07. The minimum atomic E-state index is -0.665. The zero-order valence-corrected chi connectivity index (χ0v) is 24.4. The maximum absolute atomic E-state index is 13.9. The van der Waals surface area contributed by atoms with E-state index in [1.54, 1.807) is 30.6 Å². The molecular weight excluding hydrogens is 546 g/mol. The highest BCUT2D eigenvalue weighted by Gasteiger charge is 2.33. The lowest BCUT2D eigenvalue weighted by Crippen LogP contribution is -2.40. The molecule has 5 rings (SSSR count). The number of carbonyl (C=O) groups excluding carboxylic acids is 1. The minimum Gasteiger partial charge on any atom is -0.463 e. The molecule has 0 spiro atoms. The Kier molecular flexibility index (Phi) is 8.09. The van der Waals surface area contributed by atoms with Crippen molar-refractivity contribution in [1.29, 1.82) is 0 Å². The number of aromatic nitrogens is 1. The summed E-state index contributed by atoms with van der Waals surface area (Å²) in [6, 6.07) is 18.4. The summed E-state index contributed by atoms with van der Waals surface area (Å²) in [4.78, 5) is 34.4. The molecule has 9 heteroatoms. The van der Waals surface area contributed by atoms with Crippen LogP contribution < -0.4 is 19.8 Å². The molecule has 0 N–H and O–H groups in total. The van der Waals surface area contributed by atoms with Crippen molar-refractivity contribution >= 4 is 40.7 Å². The molecule has 7 nitrogen and oxygen atoms in total. The SMILES string of the molecule is CCOC(=O)C1=C(C)N=c2s/c(=C/c3ccc(-c4cccc(Cl)c4)o3)c(=O)n2[C@H]1c1ccc(N(CC)CC)cc1. The van der Waals surface area contributed by atoms with Gasteiger partial charge in [0.15, 0.2) is 4.80 Å². The topological polar surface area (TPSA) is 77.0 Å². The third kappa shape index (κ3) is 5.29. The molecule has 2 aromatic heterocycles. The molecule has 0 fully saturated rings. The number of fused-ring (bicyclic) bond motifs is 1. The van der Waals surface area contributed by atoms with Crippen molar-refractivity contribution < 1.29 is 13.9 Å². The molecule has 1 atom stereocenters. The number of nitrogens with zero attached hydrogens (tertiary/aromatic N) is 3. The summed E-state index contributed by atoms with van der Waals surface area (Å²) in [5.74, 6) is 0.697. The molecule has 1 aliphatic heterocycles. The lowest BCUT2D eigenvalue weighted by molar-refractivity contribution is -0.139. The number of carbonyl (C=O) groups is 1. The Balaban J connectivity index is 1.61. The average Bonchev–Trinajstić information content (AvgIpc) is 3.53. The van der Waals surface area contributed by atoms with E-state index < -0.39 is 12.0 Å². The smallest absolute Gasteiger partial charge is 0.338 e. The Morgan fingerprint density at radius 2 is 1.88 bits per heavy atom. The fourth-order valence-corrected chi connectivity index (χ4v) is 6.14. The number of benzene rings is 2. The summed E-state index contributed by atoms with van der Waals surface area (Å²) in [7, 11) is 0. The van der Waals surface area contributed by atoms with E-state index in [0.717, 1.165) is 29.9 Å². The van der Waals surface area contributed by atoms with Gasteiger partial charge < -0.3 is 14.1 Å². The molecular formula is C31H30ClN3O4S. The van der Waals surface area contributed by atoms with Crippen LogP contribution >= 0.6 is 22.9 Å². The largest absolute Gasteiger partial charge is 0.463 e. The number of furan rings is 1.